The summed E-state index contributed by atoms with van der Waals surface area (Å²) in [7, 11) is 1.63. The predicted octanol–water partition coefficient (Wildman–Crippen LogP) is 1.94. The minimum absolute atomic E-state index is 0.0559. The molecule has 0 aliphatic heterocycles. The predicted molar refractivity (Wildman–Crippen MR) is 69.6 cm³/mol. The molecule has 0 saturated heterocycles. The molecule has 17 heavy (non-hydrogen) atoms. The van der Waals surface area contributed by atoms with E-state index in [0.717, 1.165) is 0 Å². The molecule has 0 fully saturated rings. The maximum atomic E-state index is 13.5. The highest BCUT2D eigenvalue weighted by Crippen LogP contribution is 2.19. The zero-order valence-corrected chi connectivity index (χ0v) is 10.5. The number of benzene rings is 1. The summed E-state index contributed by atoms with van der Waals surface area (Å²) in [4.78, 5) is 13.0. The maximum Gasteiger partial charge on any atom is 0.321 e. The van der Waals surface area contributed by atoms with E-state index in [-0.39, 0.29) is 22.3 Å². The smallest absolute Gasteiger partial charge is 0.321 e. The summed E-state index contributed by atoms with van der Waals surface area (Å²) in [5.74, 6) is -0.547. The minimum atomic E-state index is -0.547. The first-order chi connectivity index (χ1) is 7.97. The highest BCUT2D eigenvalue weighted by atomic mass is 32.1. The van der Waals surface area contributed by atoms with Gasteiger partial charge in [0.2, 0.25) is 0 Å². The van der Waals surface area contributed by atoms with E-state index in [1.807, 2.05) is 6.92 Å². The van der Waals surface area contributed by atoms with Gasteiger partial charge in [-0.05, 0) is 19.1 Å². The van der Waals surface area contributed by atoms with E-state index in [1.165, 1.54) is 17.0 Å². The van der Waals surface area contributed by atoms with Crippen molar-refractivity contribution in [1.29, 1.82) is 0 Å². The van der Waals surface area contributed by atoms with Crippen LogP contribution in [0.3, 0.4) is 0 Å². The Bertz CT molecular complexity index is 450. The van der Waals surface area contributed by atoms with E-state index < -0.39 is 5.82 Å². The summed E-state index contributed by atoms with van der Waals surface area (Å²) < 4.78 is 13.5. The molecule has 0 spiro atoms. The number of hydrogen-bond acceptors (Lipinski definition) is 2. The van der Waals surface area contributed by atoms with Gasteiger partial charge < -0.3 is 16.0 Å². The number of urea groups is 1. The van der Waals surface area contributed by atoms with Gasteiger partial charge in [0.15, 0.2) is 0 Å². The summed E-state index contributed by atoms with van der Waals surface area (Å²) >= 11 is 4.76. The standard InChI is InChI=1S/C11H14FN3OS/c1-3-15(2)11(16)14-8-6-4-5-7(12)9(8)10(13)17/h4-6H,3H2,1-2H3,(H2,13,17)(H,14,16). The van der Waals surface area contributed by atoms with Crippen LogP contribution in [0.4, 0.5) is 14.9 Å². The van der Waals surface area contributed by atoms with E-state index in [1.54, 1.807) is 13.1 Å². The molecule has 4 nitrogen and oxygen atoms in total. The van der Waals surface area contributed by atoms with E-state index in [9.17, 15) is 9.18 Å². The Balaban J connectivity index is 3.03. The molecular weight excluding hydrogens is 241 g/mol. The van der Waals surface area contributed by atoms with Gasteiger partial charge in [0.25, 0.3) is 0 Å². The fourth-order valence-corrected chi connectivity index (χ4v) is 1.44. The van der Waals surface area contributed by atoms with Gasteiger partial charge in [-0.25, -0.2) is 9.18 Å². The highest BCUT2D eigenvalue weighted by molar-refractivity contribution is 7.80. The van der Waals surface area contributed by atoms with Crippen LogP contribution in [-0.2, 0) is 0 Å². The normalized spacial score (nSPS) is 9.82. The third-order valence-corrected chi connectivity index (χ3v) is 2.53. The van der Waals surface area contributed by atoms with Crippen LogP contribution in [0, 0.1) is 5.82 Å². The van der Waals surface area contributed by atoms with Crippen LogP contribution < -0.4 is 11.1 Å². The molecule has 3 N–H and O–H groups in total. The van der Waals surface area contributed by atoms with Crippen LogP contribution in [0.2, 0.25) is 0 Å². The van der Waals surface area contributed by atoms with Gasteiger partial charge in [0, 0.05) is 13.6 Å². The van der Waals surface area contributed by atoms with Crippen LogP contribution in [-0.4, -0.2) is 29.5 Å². The van der Waals surface area contributed by atoms with Gasteiger partial charge in [-0.3, -0.25) is 0 Å². The van der Waals surface area contributed by atoms with Crippen molar-refractivity contribution in [2.75, 3.05) is 18.9 Å². The molecule has 0 bridgehead atoms. The molecule has 0 unspecified atom stereocenters. The number of anilines is 1. The number of carbonyl (C=O) groups excluding carboxylic acids is 1. The van der Waals surface area contributed by atoms with E-state index in [0.29, 0.717) is 6.54 Å². The molecule has 0 saturated carbocycles. The number of halogens is 1. The lowest BCUT2D eigenvalue weighted by Gasteiger charge is -2.17. The maximum absolute atomic E-state index is 13.5. The molecule has 6 heteroatoms. The Morgan fingerprint density at radius 3 is 2.76 bits per heavy atom. The van der Waals surface area contributed by atoms with Gasteiger partial charge in [0.1, 0.15) is 10.8 Å². The number of carbonyl (C=O) groups is 1. The average Bonchev–Trinajstić information content (AvgIpc) is 2.27. The van der Waals surface area contributed by atoms with Gasteiger partial charge in [-0.15, -0.1) is 0 Å². The van der Waals surface area contributed by atoms with Gasteiger partial charge in [-0.1, -0.05) is 18.3 Å². The number of amides is 2. The SMILES string of the molecule is CCN(C)C(=O)Nc1cccc(F)c1C(N)=S. The molecule has 2 amide bonds. The van der Waals surface area contributed by atoms with Gasteiger partial charge >= 0.3 is 6.03 Å². The molecule has 0 aliphatic carbocycles. The number of nitrogens with two attached hydrogens (primary N) is 1. The highest BCUT2D eigenvalue weighted by Gasteiger charge is 2.14. The summed E-state index contributed by atoms with van der Waals surface area (Å²) in [6, 6.07) is 3.95. The fraction of sp³-hybridized carbons (Fsp3) is 0.273. The molecule has 0 heterocycles. The van der Waals surface area contributed by atoms with E-state index in [4.69, 9.17) is 18.0 Å². The number of nitrogens with zero attached hydrogens (tertiary/aromatic N) is 1. The first-order valence-electron chi connectivity index (χ1n) is 5.07. The van der Waals surface area contributed by atoms with Crippen molar-refractivity contribution in [2.45, 2.75) is 6.92 Å². The van der Waals surface area contributed by atoms with Crippen molar-refractivity contribution in [3.63, 3.8) is 0 Å². The lowest BCUT2D eigenvalue weighted by atomic mass is 10.1. The van der Waals surface area contributed by atoms with Crippen molar-refractivity contribution >= 4 is 28.9 Å². The van der Waals surface area contributed by atoms with Gasteiger partial charge in [-0.2, -0.15) is 0 Å². The second-order valence-corrected chi connectivity index (χ2v) is 3.91. The van der Waals surface area contributed by atoms with Crippen molar-refractivity contribution in [2.24, 2.45) is 5.73 Å². The van der Waals surface area contributed by atoms with Crippen molar-refractivity contribution in [3.05, 3.63) is 29.6 Å². The molecule has 0 aliphatic rings. The summed E-state index contributed by atoms with van der Waals surface area (Å²) in [5.41, 5.74) is 5.76. The Morgan fingerprint density at radius 1 is 1.59 bits per heavy atom. The van der Waals surface area contributed by atoms with Crippen LogP contribution in [0.15, 0.2) is 18.2 Å². The molecule has 0 radical (unpaired) electrons. The largest absolute Gasteiger partial charge is 0.389 e. The quantitative estimate of drug-likeness (QED) is 0.812. The third kappa shape index (κ3) is 3.13. The summed E-state index contributed by atoms with van der Waals surface area (Å²) in [5, 5.41) is 2.56. The molecular formula is C11H14FN3OS. The molecule has 0 atom stereocenters. The van der Waals surface area contributed by atoms with Crippen LogP contribution >= 0.6 is 12.2 Å². The van der Waals surface area contributed by atoms with Crippen LogP contribution in [0.5, 0.6) is 0 Å². The first kappa shape index (κ1) is 13.4. The number of nitrogens with one attached hydrogen (secondary N) is 1. The van der Waals surface area contributed by atoms with Crippen LogP contribution in [0.25, 0.3) is 0 Å². The van der Waals surface area contributed by atoms with E-state index >= 15 is 0 Å². The summed E-state index contributed by atoms with van der Waals surface area (Å²) in [6.45, 7) is 2.38. The lowest BCUT2D eigenvalue weighted by Crippen LogP contribution is -2.32. The van der Waals surface area contributed by atoms with Crippen molar-refractivity contribution in [3.8, 4) is 0 Å². The first-order valence-corrected chi connectivity index (χ1v) is 5.48. The van der Waals surface area contributed by atoms with E-state index in [2.05, 4.69) is 5.32 Å². The lowest BCUT2D eigenvalue weighted by molar-refractivity contribution is 0.224. The monoisotopic (exact) mass is 255 g/mol. The van der Waals surface area contributed by atoms with Crippen LogP contribution in [0.1, 0.15) is 12.5 Å². The second kappa shape index (κ2) is 5.58. The zero-order chi connectivity index (χ0) is 13.0. The Labute approximate surface area is 105 Å². The molecule has 1 aromatic carbocycles. The number of thiocarbonyl (C=S) groups is 1. The molecule has 0 aromatic heterocycles. The fourth-order valence-electron chi connectivity index (χ4n) is 1.23. The molecule has 92 valence electrons. The number of hydrogen-bond donors (Lipinski definition) is 2. The average molecular weight is 255 g/mol. The summed E-state index contributed by atoms with van der Waals surface area (Å²) in [6.07, 6.45) is 0. The minimum Gasteiger partial charge on any atom is -0.389 e. The second-order valence-electron chi connectivity index (χ2n) is 3.47. The Kier molecular flexibility index (Phi) is 4.39. The molecule has 1 aromatic rings. The zero-order valence-electron chi connectivity index (χ0n) is 9.66. The Hall–Kier alpha value is -1.69. The molecule has 1 rings (SSSR count). The van der Waals surface area contributed by atoms with Crippen molar-refractivity contribution in [1.82, 2.24) is 4.90 Å². The Morgan fingerprint density at radius 2 is 2.24 bits per heavy atom. The topological polar surface area (TPSA) is 58.4 Å². The number of rotatable bonds is 3. The van der Waals surface area contributed by atoms with Crippen molar-refractivity contribution < 1.29 is 9.18 Å². The third-order valence-electron chi connectivity index (χ3n) is 2.32. The van der Waals surface area contributed by atoms with Gasteiger partial charge in [0.05, 0.1) is 11.3 Å².